The maximum Gasteiger partial charge on any atom is 0.217 e. The van der Waals surface area contributed by atoms with Gasteiger partial charge in [-0.15, -0.1) is 0 Å². The summed E-state index contributed by atoms with van der Waals surface area (Å²) in [5.41, 5.74) is 5.42. The zero-order valence-corrected chi connectivity index (χ0v) is 10.5. The molecule has 1 unspecified atom stereocenters. The van der Waals surface area contributed by atoms with Gasteiger partial charge in [0.2, 0.25) is 10.0 Å². The lowest BCUT2D eigenvalue weighted by Crippen LogP contribution is -2.43. The van der Waals surface area contributed by atoms with E-state index in [0.29, 0.717) is 19.0 Å². The topological polar surface area (TPSA) is 63.4 Å². The van der Waals surface area contributed by atoms with E-state index in [1.165, 1.54) is 19.3 Å². The molecule has 0 aromatic rings. The van der Waals surface area contributed by atoms with Crippen LogP contribution in [-0.4, -0.2) is 37.6 Å². The van der Waals surface area contributed by atoms with Crippen LogP contribution in [0.5, 0.6) is 0 Å². The molecule has 0 amide bonds. The summed E-state index contributed by atoms with van der Waals surface area (Å²) < 4.78 is 25.6. The zero-order valence-electron chi connectivity index (χ0n) is 9.65. The standard InChI is InChI=1S/C10H22N2O2S/c1-3-12(8-10-5-4-6-10)15(13,14)9(2)7-11/h9-10H,3-8,11H2,1-2H3. The van der Waals surface area contributed by atoms with E-state index in [2.05, 4.69) is 0 Å². The van der Waals surface area contributed by atoms with Crippen molar-refractivity contribution in [2.75, 3.05) is 19.6 Å². The van der Waals surface area contributed by atoms with Crippen LogP contribution in [0.2, 0.25) is 0 Å². The van der Waals surface area contributed by atoms with Crippen molar-refractivity contribution < 1.29 is 8.42 Å². The molecule has 1 rings (SSSR count). The predicted octanol–water partition coefficient (Wildman–Crippen LogP) is 0.785. The Morgan fingerprint density at radius 1 is 1.47 bits per heavy atom. The number of hydrogen-bond donors (Lipinski definition) is 1. The van der Waals surface area contributed by atoms with Crippen LogP contribution in [0.3, 0.4) is 0 Å². The number of nitrogens with two attached hydrogens (primary N) is 1. The minimum Gasteiger partial charge on any atom is -0.329 e. The van der Waals surface area contributed by atoms with Gasteiger partial charge in [0.15, 0.2) is 0 Å². The first-order chi connectivity index (χ1) is 7.02. The zero-order chi connectivity index (χ0) is 11.5. The highest BCUT2D eigenvalue weighted by atomic mass is 32.2. The highest BCUT2D eigenvalue weighted by Crippen LogP contribution is 2.28. The van der Waals surface area contributed by atoms with Gasteiger partial charge in [-0.2, -0.15) is 0 Å². The first kappa shape index (κ1) is 12.9. The molecule has 0 heterocycles. The molecule has 4 nitrogen and oxygen atoms in total. The molecule has 90 valence electrons. The van der Waals surface area contributed by atoms with Crippen molar-refractivity contribution in [3.63, 3.8) is 0 Å². The van der Waals surface area contributed by atoms with Crippen LogP contribution in [0.4, 0.5) is 0 Å². The Hall–Kier alpha value is -0.130. The van der Waals surface area contributed by atoms with Gasteiger partial charge in [0.05, 0.1) is 5.25 Å². The number of sulfonamides is 1. The molecule has 0 radical (unpaired) electrons. The number of nitrogens with zero attached hydrogens (tertiary/aromatic N) is 1. The summed E-state index contributed by atoms with van der Waals surface area (Å²) in [7, 11) is -3.16. The average molecular weight is 234 g/mol. The second kappa shape index (κ2) is 5.27. The Bertz CT molecular complexity index is 286. The van der Waals surface area contributed by atoms with Gasteiger partial charge in [0.1, 0.15) is 0 Å². The molecule has 0 spiro atoms. The van der Waals surface area contributed by atoms with Crippen molar-refractivity contribution in [3.8, 4) is 0 Å². The third-order valence-electron chi connectivity index (χ3n) is 3.24. The van der Waals surface area contributed by atoms with E-state index in [0.717, 1.165) is 0 Å². The molecule has 15 heavy (non-hydrogen) atoms. The summed E-state index contributed by atoms with van der Waals surface area (Å²) >= 11 is 0. The monoisotopic (exact) mass is 234 g/mol. The summed E-state index contributed by atoms with van der Waals surface area (Å²) in [4.78, 5) is 0. The van der Waals surface area contributed by atoms with Gasteiger partial charge in [0, 0.05) is 19.6 Å². The van der Waals surface area contributed by atoms with E-state index in [1.54, 1.807) is 11.2 Å². The summed E-state index contributed by atoms with van der Waals surface area (Å²) in [6.45, 7) is 5.01. The molecule has 1 aliphatic rings. The molecule has 0 bridgehead atoms. The van der Waals surface area contributed by atoms with E-state index in [9.17, 15) is 8.42 Å². The Kier molecular flexibility index (Phi) is 4.55. The molecule has 0 aromatic heterocycles. The first-order valence-corrected chi connectivity index (χ1v) is 7.21. The SMILES string of the molecule is CCN(CC1CCC1)S(=O)(=O)C(C)CN. The quantitative estimate of drug-likeness (QED) is 0.739. The highest BCUT2D eigenvalue weighted by Gasteiger charge is 2.30. The van der Waals surface area contributed by atoms with Crippen LogP contribution in [-0.2, 0) is 10.0 Å². The fraction of sp³-hybridized carbons (Fsp3) is 1.00. The van der Waals surface area contributed by atoms with Gasteiger partial charge in [-0.1, -0.05) is 13.3 Å². The highest BCUT2D eigenvalue weighted by molar-refractivity contribution is 7.89. The van der Waals surface area contributed by atoms with E-state index in [4.69, 9.17) is 5.73 Å². The number of hydrogen-bond acceptors (Lipinski definition) is 3. The van der Waals surface area contributed by atoms with Crippen molar-refractivity contribution in [1.82, 2.24) is 4.31 Å². The van der Waals surface area contributed by atoms with Crippen molar-refractivity contribution in [2.24, 2.45) is 11.7 Å². The van der Waals surface area contributed by atoms with E-state index >= 15 is 0 Å². The van der Waals surface area contributed by atoms with Crippen LogP contribution in [0, 0.1) is 5.92 Å². The van der Waals surface area contributed by atoms with Gasteiger partial charge >= 0.3 is 0 Å². The maximum absolute atomic E-state index is 12.0. The molecule has 0 aromatic carbocycles. The third-order valence-corrected chi connectivity index (χ3v) is 5.58. The summed E-state index contributed by atoms with van der Waals surface area (Å²) in [6, 6.07) is 0. The average Bonchev–Trinajstić information content (AvgIpc) is 2.14. The van der Waals surface area contributed by atoms with Crippen LogP contribution in [0.15, 0.2) is 0 Å². The lowest BCUT2D eigenvalue weighted by molar-refractivity contribution is 0.249. The van der Waals surface area contributed by atoms with Gasteiger partial charge in [-0.05, 0) is 25.7 Å². The second-order valence-electron chi connectivity index (χ2n) is 4.34. The fourth-order valence-electron chi connectivity index (χ4n) is 1.75. The predicted molar refractivity (Wildman–Crippen MR) is 62.0 cm³/mol. The summed E-state index contributed by atoms with van der Waals surface area (Å²) in [5.74, 6) is 0.574. The Morgan fingerprint density at radius 3 is 2.40 bits per heavy atom. The van der Waals surface area contributed by atoms with Crippen LogP contribution >= 0.6 is 0 Å². The minimum absolute atomic E-state index is 0.198. The Labute approximate surface area is 92.9 Å². The molecular weight excluding hydrogens is 212 g/mol. The molecule has 5 heteroatoms. The lowest BCUT2D eigenvalue weighted by atomic mass is 9.85. The Balaban J connectivity index is 2.63. The van der Waals surface area contributed by atoms with Crippen LogP contribution < -0.4 is 5.73 Å². The number of rotatable bonds is 6. The summed E-state index contributed by atoms with van der Waals surface area (Å²) in [5, 5.41) is -0.461. The normalized spacial score (nSPS) is 20.3. The molecule has 0 saturated heterocycles. The van der Waals surface area contributed by atoms with Crippen molar-refractivity contribution in [3.05, 3.63) is 0 Å². The first-order valence-electron chi connectivity index (χ1n) is 5.71. The van der Waals surface area contributed by atoms with E-state index in [1.807, 2.05) is 6.92 Å². The van der Waals surface area contributed by atoms with Gasteiger partial charge in [-0.3, -0.25) is 0 Å². The maximum atomic E-state index is 12.0. The summed E-state index contributed by atoms with van der Waals surface area (Å²) in [6.07, 6.45) is 3.58. The molecule has 1 aliphatic carbocycles. The Morgan fingerprint density at radius 2 is 2.07 bits per heavy atom. The van der Waals surface area contributed by atoms with Crippen LogP contribution in [0.25, 0.3) is 0 Å². The molecule has 2 N–H and O–H groups in total. The minimum atomic E-state index is -3.16. The van der Waals surface area contributed by atoms with Crippen molar-refractivity contribution in [1.29, 1.82) is 0 Å². The largest absolute Gasteiger partial charge is 0.329 e. The van der Waals surface area contributed by atoms with Gasteiger partial charge in [0.25, 0.3) is 0 Å². The third kappa shape index (κ3) is 2.92. The van der Waals surface area contributed by atoms with Crippen molar-refractivity contribution in [2.45, 2.75) is 38.4 Å². The lowest BCUT2D eigenvalue weighted by Gasteiger charge is -2.32. The fourth-order valence-corrected chi connectivity index (χ4v) is 3.28. The van der Waals surface area contributed by atoms with E-state index < -0.39 is 15.3 Å². The van der Waals surface area contributed by atoms with Crippen LogP contribution in [0.1, 0.15) is 33.1 Å². The van der Waals surface area contributed by atoms with E-state index in [-0.39, 0.29) is 6.54 Å². The second-order valence-corrected chi connectivity index (χ2v) is 6.69. The van der Waals surface area contributed by atoms with Gasteiger partial charge < -0.3 is 5.73 Å². The molecule has 1 fully saturated rings. The molecular formula is C10H22N2O2S. The van der Waals surface area contributed by atoms with Gasteiger partial charge in [-0.25, -0.2) is 12.7 Å². The smallest absolute Gasteiger partial charge is 0.217 e. The molecule has 1 saturated carbocycles. The van der Waals surface area contributed by atoms with Crippen molar-refractivity contribution >= 4 is 10.0 Å². The molecule has 0 aliphatic heterocycles. The molecule has 1 atom stereocenters.